The zero-order valence-electron chi connectivity index (χ0n) is 6.28. The van der Waals surface area contributed by atoms with E-state index in [0.717, 1.165) is 18.2 Å². The van der Waals surface area contributed by atoms with Gasteiger partial charge in [-0.2, -0.15) is 0 Å². The maximum Gasteiger partial charge on any atom is 1.00 e. The van der Waals surface area contributed by atoms with E-state index in [0.29, 0.717) is 0 Å². The van der Waals surface area contributed by atoms with Crippen molar-refractivity contribution in [3.05, 3.63) is 33.3 Å². The molecule has 0 aliphatic heterocycles. The Morgan fingerprint density at radius 2 is 2.00 bits per heavy atom. The van der Waals surface area contributed by atoms with Crippen molar-refractivity contribution in [3.8, 4) is 5.75 Å². The number of benzene rings is 1. The summed E-state index contributed by atoms with van der Waals surface area (Å²) in [7, 11) is 0. The molecule has 0 bridgehead atoms. The van der Waals surface area contributed by atoms with Crippen molar-refractivity contribution in [1.29, 1.82) is 0 Å². The Hall–Kier alpha value is -0.290. The van der Waals surface area contributed by atoms with E-state index in [1.807, 2.05) is 0 Å². The maximum atomic E-state index is 10.6. The topological polar surface area (TPSA) is 66.2 Å². The maximum absolute atomic E-state index is 10.6. The summed E-state index contributed by atoms with van der Waals surface area (Å²) in [6.07, 6.45) is 0. The third kappa shape index (κ3) is 2.64. The quantitative estimate of drug-likeness (QED) is 0.306. The predicted molar refractivity (Wildman–Crippen MR) is 37.6 cm³/mol. The van der Waals surface area contributed by atoms with Gasteiger partial charge in [0.1, 0.15) is 0 Å². The number of nitro benzene ring substituents is 1. The second-order valence-electron chi connectivity index (χ2n) is 1.87. The van der Waals surface area contributed by atoms with Gasteiger partial charge in [-0.25, -0.2) is 0 Å². The van der Waals surface area contributed by atoms with Crippen LogP contribution in [-0.4, -0.2) is 4.92 Å². The summed E-state index contributed by atoms with van der Waals surface area (Å²) in [6.45, 7) is 0. The Kier molecular flexibility index (Phi) is 4.55. The SMILES string of the molecule is O=[N+]([O-])c1ccc([O-])c(Cl)c1.[Na+]. The Bertz CT molecular complexity index is 305. The first kappa shape index (κ1) is 11.7. The van der Waals surface area contributed by atoms with Crippen molar-refractivity contribution >= 4 is 17.3 Å². The van der Waals surface area contributed by atoms with Crippen LogP contribution < -0.4 is 34.7 Å². The summed E-state index contributed by atoms with van der Waals surface area (Å²) in [4.78, 5) is 9.50. The normalized spacial score (nSPS) is 8.75. The molecule has 0 aliphatic carbocycles. The van der Waals surface area contributed by atoms with Crippen LogP contribution in [0.2, 0.25) is 5.02 Å². The largest absolute Gasteiger partial charge is 1.00 e. The smallest absolute Gasteiger partial charge is 0.871 e. The van der Waals surface area contributed by atoms with Gasteiger partial charge >= 0.3 is 29.6 Å². The Balaban J connectivity index is 0.00000121. The minimum Gasteiger partial charge on any atom is -0.871 e. The molecule has 0 fully saturated rings. The molecule has 0 aromatic heterocycles. The molecule has 0 saturated heterocycles. The molecule has 0 amide bonds. The minimum absolute atomic E-state index is 0. The fourth-order valence-electron chi connectivity index (χ4n) is 0.603. The fourth-order valence-corrected chi connectivity index (χ4v) is 0.778. The van der Waals surface area contributed by atoms with Crippen LogP contribution >= 0.6 is 11.6 Å². The van der Waals surface area contributed by atoms with E-state index in [1.54, 1.807) is 0 Å². The number of non-ortho nitro benzene ring substituents is 1. The number of nitro groups is 1. The van der Waals surface area contributed by atoms with Crippen molar-refractivity contribution in [1.82, 2.24) is 0 Å². The molecule has 1 aromatic rings. The number of nitrogens with zero attached hydrogens (tertiary/aromatic N) is 1. The molecule has 0 atom stereocenters. The summed E-state index contributed by atoms with van der Waals surface area (Å²) in [5.41, 5.74) is -0.172. The molecule has 0 heterocycles. The summed E-state index contributed by atoms with van der Waals surface area (Å²) < 4.78 is 0. The fraction of sp³-hybridized carbons (Fsp3) is 0. The van der Waals surface area contributed by atoms with Gasteiger partial charge in [0.15, 0.2) is 0 Å². The second-order valence-corrected chi connectivity index (χ2v) is 2.28. The average Bonchev–Trinajstić information content (AvgIpc) is 1.94. The van der Waals surface area contributed by atoms with Gasteiger partial charge in [-0.1, -0.05) is 23.4 Å². The van der Waals surface area contributed by atoms with Gasteiger partial charge in [0.25, 0.3) is 5.69 Å². The molecule has 0 unspecified atom stereocenters. The van der Waals surface area contributed by atoms with Gasteiger partial charge in [0, 0.05) is 17.2 Å². The van der Waals surface area contributed by atoms with Crippen molar-refractivity contribution in [3.63, 3.8) is 0 Å². The first-order valence-corrected chi connectivity index (χ1v) is 3.10. The summed E-state index contributed by atoms with van der Waals surface area (Å²) >= 11 is 5.34. The molecule has 0 aliphatic rings. The monoisotopic (exact) mass is 195 g/mol. The van der Waals surface area contributed by atoms with Gasteiger partial charge in [-0.05, 0) is 0 Å². The van der Waals surface area contributed by atoms with Crippen LogP contribution in [-0.2, 0) is 0 Å². The first-order chi connectivity index (χ1) is 5.11. The van der Waals surface area contributed by atoms with Gasteiger partial charge in [-0.15, -0.1) is 0 Å². The Labute approximate surface area is 95.6 Å². The van der Waals surface area contributed by atoms with Crippen LogP contribution in [0.1, 0.15) is 0 Å². The van der Waals surface area contributed by atoms with Crippen LogP contribution in [0.25, 0.3) is 0 Å². The third-order valence-electron chi connectivity index (χ3n) is 1.13. The van der Waals surface area contributed by atoms with E-state index in [1.165, 1.54) is 0 Å². The molecule has 0 spiro atoms. The van der Waals surface area contributed by atoms with E-state index in [2.05, 4.69) is 0 Å². The molecule has 0 radical (unpaired) electrons. The Morgan fingerprint density at radius 1 is 1.42 bits per heavy atom. The van der Waals surface area contributed by atoms with Crippen molar-refractivity contribution < 1.29 is 39.6 Å². The van der Waals surface area contributed by atoms with Crippen LogP contribution in [0.3, 0.4) is 0 Å². The van der Waals surface area contributed by atoms with Crippen LogP contribution in [0.15, 0.2) is 18.2 Å². The summed E-state index contributed by atoms with van der Waals surface area (Å²) in [5, 5.41) is 20.6. The third-order valence-corrected chi connectivity index (χ3v) is 1.42. The standard InChI is InChI=1S/C6H4ClNO3.Na/c7-5-3-4(8(10)11)1-2-6(5)9;/h1-3,9H;/q;+1/p-1. The van der Waals surface area contributed by atoms with E-state index in [9.17, 15) is 15.2 Å². The van der Waals surface area contributed by atoms with Crippen molar-refractivity contribution in [2.45, 2.75) is 0 Å². The second kappa shape index (κ2) is 4.67. The molecule has 4 nitrogen and oxygen atoms in total. The molecule has 6 heteroatoms. The minimum atomic E-state index is -0.606. The average molecular weight is 196 g/mol. The van der Waals surface area contributed by atoms with Crippen LogP contribution in [0, 0.1) is 10.1 Å². The van der Waals surface area contributed by atoms with E-state index in [4.69, 9.17) is 11.6 Å². The van der Waals surface area contributed by atoms with Crippen LogP contribution in [0.4, 0.5) is 5.69 Å². The molecule has 1 aromatic carbocycles. The van der Waals surface area contributed by atoms with E-state index in [-0.39, 0.29) is 40.3 Å². The zero-order valence-corrected chi connectivity index (χ0v) is 9.04. The molecule has 0 N–H and O–H groups in total. The van der Waals surface area contributed by atoms with E-state index >= 15 is 0 Å². The zero-order chi connectivity index (χ0) is 8.43. The van der Waals surface area contributed by atoms with Crippen LogP contribution in [0.5, 0.6) is 5.75 Å². The van der Waals surface area contributed by atoms with Gasteiger partial charge in [-0.3, -0.25) is 10.1 Å². The van der Waals surface area contributed by atoms with Gasteiger partial charge in [0.2, 0.25) is 0 Å². The first-order valence-electron chi connectivity index (χ1n) is 2.72. The van der Waals surface area contributed by atoms with Gasteiger partial charge in [0.05, 0.1) is 4.92 Å². The number of rotatable bonds is 1. The summed E-state index contributed by atoms with van der Waals surface area (Å²) in [6, 6.07) is 3.22. The number of hydrogen-bond donors (Lipinski definition) is 0. The Morgan fingerprint density at radius 3 is 2.42 bits per heavy atom. The molecule has 58 valence electrons. The van der Waals surface area contributed by atoms with E-state index < -0.39 is 10.7 Å². The van der Waals surface area contributed by atoms with Gasteiger partial charge < -0.3 is 5.11 Å². The molecular formula is C6H3ClNNaO3. The predicted octanol–water partition coefficient (Wildman–Crippen LogP) is -1.67. The number of halogens is 1. The molecule has 0 saturated carbocycles. The van der Waals surface area contributed by atoms with Crippen molar-refractivity contribution in [2.24, 2.45) is 0 Å². The summed E-state index contributed by atoms with van der Waals surface area (Å²) in [5.74, 6) is -0.405. The molecule has 1 rings (SSSR count). The molecular weight excluding hydrogens is 193 g/mol. The number of hydrogen-bond acceptors (Lipinski definition) is 3. The van der Waals surface area contributed by atoms with Crippen molar-refractivity contribution in [2.75, 3.05) is 0 Å². The molecule has 12 heavy (non-hydrogen) atoms.